The fraction of sp³-hybridized carbons (Fsp3) is 0.200. The smallest absolute Gasteiger partial charge is 0.135 e. The van der Waals surface area contributed by atoms with Crippen molar-refractivity contribution >= 4 is 31.9 Å². The molecule has 0 fully saturated rings. The quantitative estimate of drug-likeness (QED) is 0.572. The van der Waals surface area contributed by atoms with Crippen molar-refractivity contribution in [3.63, 3.8) is 0 Å². The summed E-state index contributed by atoms with van der Waals surface area (Å²) in [6.07, 6.45) is 0. The van der Waals surface area contributed by atoms with Gasteiger partial charge in [-0.1, -0.05) is 43.7 Å². The van der Waals surface area contributed by atoms with Crippen LogP contribution < -0.4 is 4.74 Å². The SMILES string of the molecule is COc1cc(Br)ccc1C#CCBr. The molecule has 0 N–H and O–H groups in total. The zero-order valence-electron chi connectivity index (χ0n) is 7.10. The standard InChI is InChI=1S/C10H8Br2O/c1-13-10-7-9(12)5-4-8(10)3-2-6-11/h4-5,7H,6H2,1H3. The number of methoxy groups -OCH3 is 1. The normalized spacial score (nSPS) is 8.85. The van der Waals surface area contributed by atoms with Gasteiger partial charge in [-0.3, -0.25) is 0 Å². The van der Waals surface area contributed by atoms with Gasteiger partial charge in [0.15, 0.2) is 0 Å². The van der Waals surface area contributed by atoms with Crippen molar-refractivity contribution < 1.29 is 4.74 Å². The van der Waals surface area contributed by atoms with Gasteiger partial charge in [-0.2, -0.15) is 0 Å². The van der Waals surface area contributed by atoms with Gasteiger partial charge in [0.05, 0.1) is 18.0 Å². The number of hydrogen-bond acceptors (Lipinski definition) is 1. The first kappa shape index (κ1) is 10.6. The Morgan fingerprint density at radius 2 is 2.23 bits per heavy atom. The lowest BCUT2D eigenvalue weighted by Gasteiger charge is -2.02. The van der Waals surface area contributed by atoms with Crippen molar-refractivity contribution in [3.8, 4) is 17.6 Å². The first-order valence-corrected chi connectivity index (χ1v) is 5.57. The molecule has 0 bridgehead atoms. The third-order valence-corrected chi connectivity index (χ3v) is 2.23. The molecule has 0 saturated heterocycles. The summed E-state index contributed by atoms with van der Waals surface area (Å²) in [6, 6.07) is 5.78. The highest BCUT2D eigenvalue weighted by molar-refractivity contribution is 9.10. The fourth-order valence-electron chi connectivity index (χ4n) is 0.897. The summed E-state index contributed by atoms with van der Waals surface area (Å²) in [4.78, 5) is 0. The maximum Gasteiger partial charge on any atom is 0.135 e. The largest absolute Gasteiger partial charge is 0.495 e. The van der Waals surface area contributed by atoms with E-state index in [1.165, 1.54) is 0 Å². The Bertz CT molecular complexity index is 350. The number of ether oxygens (including phenoxy) is 1. The van der Waals surface area contributed by atoms with Crippen molar-refractivity contribution in [2.75, 3.05) is 12.4 Å². The van der Waals surface area contributed by atoms with Crippen molar-refractivity contribution in [1.82, 2.24) is 0 Å². The Morgan fingerprint density at radius 3 is 2.85 bits per heavy atom. The molecule has 0 radical (unpaired) electrons. The summed E-state index contributed by atoms with van der Waals surface area (Å²) >= 11 is 6.61. The topological polar surface area (TPSA) is 9.23 Å². The van der Waals surface area contributed by atoms with Crippen LogP contribution in [0.5, 0.6) is 5.75 Å². The lowest BCUT2D eigenvalue weighted by Crippen LogP contribution is -1.87. The highest BCUT2D eigenvalue weighted by Crippen LogP contribution is 2.22. The number of hydrogen-bond donors (Lipinski definition) is 0. The van der Waals surface area contributed by atoms with Crippen LogP contribution >= 0.6 is 31.9 Å². The molecule has 0 saturated carbocycles. The van der Waals surface area contributed by atoms with Crippen LogP contribution in [0.15, 0.2) is 22.7 Å². The van der Waals surface area contributed by atoms with Crippen LogP contribution in [-0.4, -0.2) is 12.4 Å². The molecular formula is C10H8Br2O. The van der Waals surface area contributed by atoms with Crippen LogP contribution in [0.3, 0.4) is 0 Å². The molecule has 68 valence electrons. The summed E-state index contributed by atoms with van der Waals surface area (Å²) in [7, 11) is 1.64. The van der Waals surface area contributed by atoms with Crippen molar-refractivity contribution in [2.24, 2.45) is 0 Å². The molecule has 0 unspecified atom stereocenters. The zero-order chi connectivity index (χ0) is 9.68. The number of alkyl halides is 1. The lowest BCUT2D eigenvalue weighted by molar-refractivity contribution is 0.413. The van der Waals surface area contributed by atoms with Gasteiger partial charge in [0.25, 0.3) is 0 Å². The molecule has 0 aliphatic rings. The minimum Gasteiger partial charge on any atom is -0.495 e. The predicted octanol–water partition coefficient (Wildman–Crippen LogP) is 3.20. The van der Waals surface area contributed by atoms with Gasteiger partial charge in [0.1, 0.15) is 5.75 Å². The molecule has 3 heteroatoms. The van der Waals surface area contributed by atoms with E-state index in [-0.39, 0.29) is 0 Å². The molecule has 0 heterocycles. The second kappa shape index (κ2) is 5.31. The van der Waals surface area contributed by atoms with Gasteiger partial charge in [0.2, 0.25) is 0 Å². The van der Waals surface area contributed by atoms with Crippen LogP contribution in [0.25, 0.3) is 0 Å². The average Bonchev–Trinajstić information content (AvgIpc) is 2.16. The third-order valence-electron chi connectivity index (χ3n) is 1.45. The molecule has 1 aromatic rings. The van der Waals surface area contributed by atoms with Crippen molar-refractivity contribution in [2.45, 2.75) is 0 Å². The molecule has 1 nitrogen and oxygen atoms in total. The Balaban J connectivity index is 3.06. The van der Waals surface area contributed by atoms with Gasteiger partial charge in [-0.15, -0.1) is 0 Å². The minimum absolute atomic E-state index is 0.673. The molecule has 0 spiro atoms. The highest BCUT2D eigenvalue weighted by Gasteiger charge is 1.99. The van der Waals surface area contributed by atoms with E-state index in [4.69, 9.17) is 4.74 Å². The minimum atomic E-state index is 0.673. The Kier molecular flexibility index (Phi) is 4.34. The van der Waals surface area contributed by atoms with Crippen molar-refractivity contribution in [3.05, 3.63) is 28.2 Å². The second-order valence-electron chi connectivity index (χ2n) is 2.28. The summed E-state index contributed by atoms with van der Waals surface area (Å²) in [6.45, 7) is 0. The average molecular weight is 304 g/mol. The van der Waals surface area contributed by atoms with E-state index in [0.717, 1.165) is 15.8 Å². The van der Waals surface area contributed by atoms with E-state index in [9.17, 15) is 0 Å². The van der Waals surface area contributed by atoms with Crippen LogP contribution in [0.1, 0.15) is 5.56 Å². The van der Waals surface area contributed by atoms with E-state index in [2.05, 4.69) is 43.7 Å². The van der Waals surface area contributed by atoms with Gasteiger partial charge in [-0.05, 0) is 18.2 Å². The monoisotopic (exact) mass is 302 g/mol. The fourth-order valence-corrected chi connectivity index (χ4v) is 1.38. The maximum atomic E-state index is 5.18. The van der Waals surface area contributed by atoms with E-state index in [1.54, 1.807) is 7.11 Å². The first-order chi connectivity index (χ1) is 6.27. The summed E-state index contributed by atoms with van der Waals surface area (Å²) in [5, 5.41) is 0.673. The molecule has 0 amide bonds. The summed E-state index contributed by atoms with van der Waals surface area (Å²) in [5.41, 5.74) is 0.908. The first-order valence-electron chi connectivity index (χ1n) is 3.66. The van der Waals surface area contributed by atoms with E-state index in [0.29, 0.717) is 5.33 Å². The van der Waals surface area contributed by atoms with E-state index < -0.39 is 0 Å². The highest BCUT2D eigenvalue weighted by atomic mass is 79.9. The van der Waals surface area contributed by atoms with Crippen LogP contribution in [0, 0.1) is 11.8 Å². The zero-order valence-corrected chi connectivity index (χ0v) is 10.3. The van der Waals surface area contributed by atoms with Crippen LogP contribution in [0.2, 0.25) is 0 Å². The van der Waals surface area contributed by atoms with E-state index in [1.807, 2.05) is 18.2 Å². The third kappa shape index (κ3) is 3.06. The van der Waals surface area contributed by atoms with Gasteiger partial charge < -0.3 is 4.74 Å². The molecule has 1 rings (SSSR count). The molecule has 0 aliphatic heterocycles. The molecule has 13 heavy (non-hydrogen) atoms. The number of benzene rings is 1. The van der Waals surface area contributed by atoms with E-state index >= 15 is 0 Å². The summed E-state index contributed by atoms with van der Waals surface area (Å²) < 4.78 is 6.17. The molecule has 0 aliphatic carbocycles. The number of rotatable bonds is 1. The lowest BCUT2D eigenvalue weighted by atomic mass is 10.2. The Labute approximate surface area is 94.7 Å². The van der Waals surface area contributed by atoms with Gasteiger partial charge in [0, 0.05) is 4.47 Å². The van der Waals surface area contributed by atoms with Gasteiger partial charge >= 0.3 is 0 Å². The van der Waals surface area contributed by atoms with Crippen LogP contribution in [-0.2, 0) is 0 Å². The Hall–Kier alpha value is -0.460. The van der Waals surface area contributed by atoms with Crippen LogP contribution in [0.4, 0.5) is 0 Å². The van der Waals surface area contributed by atoms with Crippen molar-refractivity contribution in [1.29, 1.82) is 0 Å². The van der Waals surface area contributed by atoms with Gasteiger partial charge in [-0.25, -0.2) is 0 Å². The maximum absolute atomic E-state index is 5.18. The molecular weight excluding hydrogens is 296 g/mol. The summed E-state index contributed by atoms with van der Waals surface area (Å²) in [5.74, 6) is 6.72. The second-order valence-corrected chi connectivity index (χ2v) is 3.76. The Morgan fingerprint density at radius 1 is 1.46 bits per heavy atom. The molecule has 0 atom stereocenters. The predicted molar refractivity (Wildman–Crippen MR) is 61.4 cm³/mol. The molecule has 0 aromatic heterocycles. The molecule has 1 aromatic carbocycles. The number of halogens is 2.